The van der Waals surface area contributed by atoms with Gasteiger partial charge in [-0.2, -0.15) is 0 Å². The molecule has 0 aromatic heterocycles. The van der Waals surface area contributed by atoms with E-state index in [0.717, 1.165) is 11.6 Å². The van der Waals surface area contributed by atoms with Crippen molar-refractivity contribution in [2.75, 3.05) is 6.54 Å². The molecule has 0 saturated heterocycles. The van der Waals surface area contributed by atoms with Crippen LogP contribution in [-0.2, 0) is 16.4 Å². The average molecular weight is 323 g/mol. The van der Waals surface area contributed by atoms with E-state index in [1.165, 1.54) is 19.1 Å². The molecule has 6 heteroatoms. The number of aryl methyl sites for hydroxylation is 1. The van der Waals surface area contributed by atoms with E-state index in [4.69, 9.17) is 0 Å². The first-order valence-electron chi connectivity index (χ1n) is 6.86. The Kier molecular flexibility index (Phi) is 5.28. The highest BCUT2D eigenvalue weighted by atomic mass is 32.2. The molecule has 0 unspecified atom stereocenters. The zero-order valence-electron chi connectivity index (χ0n) is 12.2. The minimum absolute atomic E-state index is 0.0155. The van der Waals surface area contributed by atoms with Crippen molar-refractivity contribution in [3.05, 3.63) is 65.5 Å². The molecule has 0 aliphatic heterocycles. The van der Waals surface area contributed by atoms with Gasteiger partial charge >= 0.3 is 0 Å². The van der Waals surface area contributed by atoms with Gasteiger partial charge in [-0.25, -0.2) is 17.5 Å². The first kappa shape index (κ1) is 16.6. The molecule has 1 atom stereocenters. The fourth-order valence-corrected chi connectivity index (χ4v) is 3.19. The van der Waals surface area contributed by atoms with E-state index >= 15 is 0 Å². The zero-order valence-corrected chi connectivity index (χ0v) is 13.0. The van der Waals surface area contributed by atoms with E-state index in [-0.39, 0.29) is 17.0 Å². The molecular formula is C16H18FNO3S. The maximum Gasteiger partial charge on any atom is 0.240 e. The largest absolute Gasteiger partial charge is 0.391 e. The Balaban J connectivity index is 1.98. The summed E-state index contributed by atoms with van der Waals surface area (Å²) in [5.41, 5.74) is 1.18. The molecule has 0 radical (unpaired) electrons. The van der Waals surface area contributed by atoms with E-state index in [9.17, 15) is 17.9 Å². The summed E-state index contributed by atoms with van der Waals surface area (Å²) in [5, 5.41) is 9.92. The third-order valence-corrected chi connectivity index (χ3v) is 4.68. The van der Waals surface area contributed by atoms with E-state index in [2.05, 4.69) is 4.72 Å². The number of benzene rings is 2. The third-order valence-electron chi connectivity index (χ3n) is 3.26. The molecule has 0 amide bonds. The smallest absolute Gasteiger partial charge is 0.240 e. The topological polar surface area (TPSA) is 66.4 Å². The molecule has 2 rings (SSSR count). The van der Waals surface area contributed by atoms with Gasteiger partial charge in [0.25, 0.3) is 0 Å². The Morgan fingerprint density at radius 1 is 1.18 bits per heavy atom. The lowest BCUT2D eigenvalue weighted by molar-refractivity contribution is 0.179. The number of nitrogens with one attached hydrogen (secondary N) is 1. The number of hydrogen-bond donors (Lipinski definition) is 2. The second kappa shape index (κ2) is 7.00. The van der Waals surface area contributed by atoms with Crippen molar-refractivity contribution in [1.29, 1.82) is 0 Å². The van der Waals surface area contributed by atoms with Gasteiger partial charge < -0.3 is 5.11 Å². The lowest BCUT2D eigenvalue weighted by Crippen LogP contribution is -2.33. The second-order valence-electron chi connectivity index (χ2n) is 5.11. The Labute approximate surface area is 129 Å². The molecule has 0 heterocycles. The first-order chi connectivity index (χ1) is 10.4. The molecule has 0 fully saturated rings. The van der Waals surface area contributed by atoms with Crippen LogP contribution in [0.2, 0.25) is 0 Å². The van der Waals surface area contributed by atoms with Gasteiger partial charge in [0.1, 0.15) is 5.82 Å². The minimum Gasteiger partial charge on any atom is -0.391 e. The van der Waals surface area contributed by atoms with Gasteiger partial charge in [-0.1, -0.05) is 30.3 Å². The highest BCUT2D eigenvalue weighted by Crippen LogP contribution is 2.14. The van der Waals surface area contributed by atoms with E-state index in [0.29, 0.717) is 6.42 Å². The van der Waals surface area contributed by atoms with Crippen LogP contribution in [0.15, 0.2) is 53.4 Å². The number of hydrogen-bond acceptors (Lipinski definition) is 3. The van der Waals surface area contributed by atoms with E-state index in [1.54, 1.807) is 0 Å². The molecule has 2 N–H and O–H groups in total. The number of sulfonamides is 1. The van der Waals surface area contributed by atoms with Crippen LogP contribution in [0.25, 0.3) is 0 Å². The Hall–Kier alpha value is -1.76. The van der Waals surface area contributed by atoms with Crippen LogP contribution < -0.4 is 4.72 Å². The van der Waals surface area contributed by atoms with Crippen LogP contribution in [0.3, 0.4) is 0 Å². The van der Waals surface area contributed by atoms with Crippen LogP contribution in [-0.4, -0.2) is 26.2 Å². The molecule has 0 saturated carbocycles. The zero-order chi connectivity index (χ0) is 16.2. The molecule has 4 nitrogen and oxygen atoms in total. The van der Waals surface area contributed by atoms with Crippen LogP contribution >= 0.6 is 0 Å². The van der Waals surface area contributed by atoms with E-state index < -0.39 is 21.9 Å². The number of rotatable bonds is 6. The summed E-state index contributed by atoms with van der Waals surface area (Å²) in [7, 11) is -3.76. The van der Waals surface area contributed by atoms with Crippen LogP contribution in [0.4, 0.5) is 4.39 Å². The van der Waals surface area contributed by atoms with Crippen molar-refractivity contribution in [3.8, 4) is 0 Å². The second-order valence-corrected chi connectivity index (χ2v) is 6.87. The SMILES string of the molecule is Cc1cc(S(=O)(=O)NC[C@H](O)Cc2ccccc2)ccc1F. The molecule has 0 bridgehead atoms. The summed E-state index contributed by atoms with van der Waals surface area (Å²) in [6.45, 7) is 1.40. The normalized spacial score (nSPS) is 13.0. The summed E-state index contributed by atoms with van der Waals surface area (Å²) in [6.07, 6.45) is -0.482. The minimum atomic E-state index is -3.76. The van der Waals surface area contributed by atoms with Gasteiger partial charge in [0.2, 0.25) is 10.0 Å². The van der Waals surface area contributed by atoms with Gasteiger partial charge in [-0.15, -0.1) is 0 Å². The average Bonchev–Trinajstić information content (AvgIpc) is 2.49. The van der Waals surface area contributed by atoms with Gasteiger partial charge in [-0.05, 0) is 42.7 Å². The fourth-order valence-electron chi connectivity index (χ4n) is 2.03. The third kappa shape index (κ3) is 4.37. The van der Waals surface area contributed by atoms with Crippen LogP contribution in [0.1, 0.15) is 11.1 Å². The van der Waals surface area contributed by atoms with Crippen molar-refractivity contribution in [2.24, 2.45) is 0 Å². The van der Waals surface area contributed by atoms with E-state index in [1.807, 2.05) is 30.3 Å². The summed E-state index contributed by atoms with van der Waals surface area (Å²) < 4.78 is 39.7. The van der Waals surface area contributed by atoms with Gasteiger partial charge in [-0.3, -0.25) is 0 Å². The standard InChI is InChI=1S/C16H18FNO3S/c1-12-9-15(7-8-16(12)17)22(20,21)18-11-14(19)10-13-5-3-2-4-6-13/h2-9,14,18-19H,10-11H2,1H3/t14-/m1/s1. The number of aliphatic hydroxyl groups excluding tert-OH is 1. The summed E-state index contributed by atoms with van der Waals surface area (Å²) >= 11 is 0. The van der Waals surface area contributed by atoms with Gasteiger partial charge in [0.15, 0.2) is 0 Å². The molecular weight excluding hydrogens is 305 g/mol. The van der Waals surface area contributed by atoms with Crippen molar-refractivity contribution in [2.45, 2.75) is 24.3 Å². The fraction of sp³-hybridized carbons (Fsp3) is 0.250. The lowest BCUT2D eigenvalue weighted by atomic mass is 10.1. The Morgan fingerprint density at radius 3 is 2.50 bits per heavy atom. The molecule has 0 aliphatic rings. The summed E-state index contributed by atoms with van der Waals surface area (Å²) in [4.78, 5) is -0.0155. The first-order valence-corrected chi connectivity index (χ1v) is 8.34. The molecule has 118 valence electrons. The summed E-state index contributed by atoms with van der Waals surface area (Å²) in [6, 6.07) is 12.9. The maximum atomic E-state index is 13.2. The van der Waals surface area contributed by atoms with Crippen molar-refractivity contribution >= 4 is 10.0 Å². The van der Waals surface area contributed by atoms with Crippen LogP contribution in [0, 0.1) is 12.7 Å². The summed E-state index contributed by atoms with van der Waals surface area (Å²) in [5.74, 6) is -0.455. The van der Waals surface area contributed by atoms with Crippen LogP contribution in [0.5, 0.6) is 0 Å². The number of halogens is 1. The number of aliphatic hydroxyl groups is 1. The van der Waals surface area contributed by atoms with Crippen molar-refractivity contribution in [3.63, 3.8) is 0 Å². The molecule has 0 aliphatic carbocycles. The molecule has 2 aromatic carbocycles. The molecule has 22 heavy (non-hydrogen) atoms. The highest BCUT2D eigenvalue weighted by Gasteiger charge is 2.17. The molecule has 0 spiro atoms. The lowest BCUT2D eigenvalue weighted by Gasteiger charge is -2.13. The molecule has 2 aromatic rings. The van der Waals surface area contributed by atoms with Crippen molar-refractivity contribution in [1.82, 2.24) is 4.72 Å². The van der Waals surface area contributed by atoms with Crippen molar-refractivity contribution < 1.29 is 17.9 Å². The maximum absolute atomic E-state index is 13.2. The predicted molar refractivity (Wildman–Crippen MR) is 82.5 cm³/mol. The monoisotopic (exact) mass is 323 g/mol. The van der Waals surface area contributed by atoms with Gasteiger partial charge in [0.05, 0.1) is 11.0 Å². The Bertz CT molecular complexity index is 732. The Morgan fingerprint density at radius 2 is 1.86 bits per heavy atom. The predicted octanol–water partition coefficient (Wildman–Crippen LogP) is 2.02. The quantitative estimate of drug-likeness (QED) is 0.855. The van der Waals surface area contributed by atoms with Gasteiger partial charge in [0, 0.05) is 6.54 Å². The highest BCUT2D eigenvalue weighted by molar-refractivity contribution is 7.89.